The first-order valence-electron chi connectivity index (χ1n) is 5.26. The smallest absolute Gasteiger partial charge is 0.339 e. The van der Waals surface area contributed by atoms with Crippen LogP contribution in [0, 0.1) is 0 Å². The van der Waals surface area contributed by atoms with Crippen molar-refractivity contribution in [3.05, 3.63) is 35.4 Å². The molecule has 0 heterocycles. The third-order valence-electron chi connectivity index (χ3n) is 2.16. The average Bonchev–Trinajstić information content (AvgIpc) is 2.33. The van der Waals surface area contributed by atoms with Gasteiger partial charge in [0.25, 0.3) is 10.1 Å². The molecule has 0 aromatic heterocycles. The molecular weight excluding hydrogens is 276 g/mol. The van der Waals surface area contributed by atoms with Gasteiger partial charge >= 0.3 is 11.9 Å². The van der Waals surface area contributed by atoms with Crippen LogP contribution in [0.3, 0.4) is 0 Å². The predicted octanol–water partition coefficient (Wildman–Crippen LogP) is 0.820. The molecule has 0 unspecified atom stereocenters. The normalized spacial score (nSPS) is 11.0. The van der Waals surface area contributed by atoms with Gasteiger partial charge in [-0.1, -0.05) is 12.1 Å². The maximum atomic E-state index is 11.6. The van der Waals surface area contributed by atoms with E-state index in [-0.39, 0.29) is 24.2 Å². The minimum absolute atomic E-state index is 0.0696. The molecule has 0 aliphatic rings. The van der Waals surface area contributed by atoms with E-state index in [0.29, 0.717) is 0 Å². The van der Waals surface area contributed by atoms with E-state index in [1.807, 2.05) is 0 Å². The number of hydrogen-bond donors (Lipinski definition) is 2. The van der Waals surface area contributed by atoms with E-state index in [2.05, 4.69) is 0 Å². The number of carboxylic acid groups (broad SMARTS) is 1. The lowest BCUT2D eigenvalue weighted by Gasteiger charge is -2.06. The van der Waals surface area contributed by atoms with Crippen LogP contribution in [0.4, 0.5) is 0 Å². The van der Waals surface area contributed by atoms with Crippen molar-refractivity contribution in [2.75, 3.05) is 12.4 Å². The number of carboxylic acids is 1. The van der Waals surface area contributed by atoms with Crippen molar-refractivity contribution in [1.82, 2.24) is 0 Å². The van der Waals surface area contributed by atoms with Crippen molar-refractivity contribution < 1.29 is 32.4 Å². The van der Waals surface area contributed by atoms with Gasteiger partial charge in [-0.25, -0.2) is 9.59 Å². The molecule has 0 bridgehead atoms. The summed E-state index contributed by atoms with van der Waals surface area (Å²) in [6, 6.07) is 5.52. The lowest BCUT2D eigenvalue weighted by Crippen LogP contribution is -2.14. The Morgan fingerprint density at radius 2 is 1.74 bits per heavy atom. The van der Waals surface area contributed by atoms with Gasteiger partial charge in [0.1, 0.15) is 0 Å². The Morgan fingerprint density at radius 1 is 1.16 bits per heavy atom. The Kier molecular flexibility index (Phi) is 5.02. The monoisotopic (exact) mass is 288 g/mol. The zero-order chi connectivity index (χ0) is 14.5. The third-order valence-corrected chi connectivity index (χ3v) is 2.96. The molecule has 0 spiro atoms. The van der Waals surface area contributed by atoms with Gasteiger partial charge in [-0.15, -0.1) is 0 Å². The summed E-state index contributed by atoms with van der Waals surface area (Å²) >= 11 is 0. The number of benzene rings is 1. The van der Waals surface area contributed by atoms with Crippen molar-refractivity contribution in [2.45, 2.75) is 6.42 Å². The van der Waals surface area contributed by atoms with Gasteiger partial charge in [0.15, 0.2) is 0 Å². The van der Waals surface area contributed by atoms with Crippen molar-refractivity contribution in [1.29, 1.82) is 0 Å². The van der Waals surface area contributed by atoms with Crippen LogP contribution in [0.5, 0.6) is 0 Å². The number of ether oxygens (including phenoxy) is 1. The lowest BCUT2D eigenvalue weighted by molar-refractivity contribution is 0.0494. The fourth-order valence-corrected chi connectivity index (χ4v) is 1.81. The Labute approximate surface area is 109 Å². The van der Waals surface area contributed by atoms with Crippen LogP contribution in [-0.4, -0.2) is 42.4 Å². The number of aromatic carboxylic acids is 1. The van der Waals surface area contributed by atoms with Crippen molar-refractivity contribution in [3.63, 3.8) is 0 Å². The molecule has 104 valence electrons. The van der Waals surface area contributed by atoms with E-state index >= 15 is 0 Å². The van der Waals surface area contributed by atoms with Crippen LogP contribution < -0.4 is 0 Å². The highest BCUT2D eigenvalue weighted by Crippen LogP contribution is 2.10. The second kappa shape index (κ2) is 6.30. The summed E-state index contributed by atoms with van der Waals surface area (Å²) in [5.74, 6) is -2.64. The fourth-order valence-electron chi connectivity index (χ4n) is 1.33. The third kappa shape index (κ3) is 5.06. The van der Waals surface area contributed by atoms with Gasteiger partial charge in [-0.2, -0.15) is 8.42 Å². The van der Waals surface area contributed by atoms with E-state index in [0.717, 1.165) is 0 Å². The second-order valence-electron chi connectivity index (χ2n) is 3.63. The van der Waals surface area contributed by atoms with Crippen molar-refractivity contribution >= 4 is 22.1 Å². The Morgan fingerprint density at radius 3 is 2.26 bits per heavy atom. The summed E-state index contributed by atoms with van der Waals surface area (Å²) in [6.45, 7) is -0.230. The van der Waals surface area contributed by atoms with Crippen LogP contribution in [0.15, 0.2) is 24.3 Å². The zero-order valence-electron chi connectivity index (χ0n) is 9.77. The van der Waals surface area contributed by atoms with Crippen LogP contribution in [0.1, 0.15) is 27.1 Å². The van der Waals surface area contributed by atoms with Gasteiger partial charge in [-0.05, 0) is 18.6 Å². The van der Waals surface area contributed by atoms with Gasteiger partial charge in [0, 0.05) is 0 Å². The summed E-state index contributed by atoms with van der Waals surface area (Å²) < 4.78 is 34.1. The quantitative estimate of drug-likeness (QED) is 0.452. The van der Waals surface area contributed by atoms with E-state index in [1.54, 1.807) is 0 Å². The van der Waals surface area contributed by atoms with Crippen LogP contribution in [0.2, 0.25) is 0 Å². The SMILES string of the molecule is O=C(O)c1ccccc1C(=O)OCCCS(=O)(=O)O. The Balaban J connectivity index is 2.62. The van der Waals surface area contributed by atoms with Gasteiger partial charge in [0.2, 0.25) is 0 Å². The first kappa shape index (κ1) is 15.1. The van der Waals surface area contributed by atoms with Gasteiger partial charge in [-0.3, -0.25) is 4.55 Å². The molecule has 0 aliphatic heterocycles. The van der Waals surface area contributed by atoms with Gasteiger partial charge in [0.05, 0.1) is 23.5 Å². The largest absolute Gasteiger partial charge is 0.478 e. The first-order chi connectivity index (χ1) is 8.81. The lowest BCUT2D eigenvalue weighted by atomic mass is 10.1. The maximum absolute atomic E-state index is 11.6. The molecule has 0 amide bonds. The Bertz CT molecular complexity index is 576. The molecule has 0 saturated carbocycles. The molecule has 1 aromatic carbocycles. The summed E-state index contributed by atoms with van der Waals surface area (Å²) in [4.78, 5) is 22.5. The summed E-state index contributed by atoms with van der Waals surface area (Å²) in [6.07, 6.45) is -0.0696. The predicted molar refractivity (Wildman–Crippen MR) is 64.7 cm³/mol. The molecule has 0 fully saturated rings. The summed E-state index contributed by atoms with van der Waals surface area (Å²) in [5, 5.41) is 8.87. The van der Waals surface area contributed by atoms with E-state index in [4.69, 9.17) is 14.4 Å². The van der Waals surface area contributed by atoms with Crippen molar-refractivity contribution in [3.8, 4) is 0 Å². The molecule has 0 saturated heterocycles. The standard InChI is InChI=1S/C11H12O7S/c12-10(13)8-4-1-2-5-9(8)11(14)18-6-3-7-19(15,16)17/h1-2,4-5H,3,6-7H2,(H,12,13)(H,15,16,17). The van der Waals surface area contributed by atoms with E-state index in [1.165, 1.54) is 24.3 Å². The zero-order valence-corrected chi connectivity index (χ0v) is 10.6. The fraction of sp³-hybridized carbons (Fsp3) is 0.273. The van der Waals surface area contributed by atoms with Crippen LogP contribution >= 0.6 is 0 Å². The molecule has 7 nitrogen and oxygen atoms in total. The molecule has 2 N–H and O–H groups in total. The van der Waals surface area contributed by atoms with Gasteiger partial charge < -0.3 is 9.84 Å². The number of rotatable bonds is 6. The number of carbonyl (C=O) groups is 2. The van der Waals surface area contributed by atoms with Crippen LogP contribution in [0.25, 0.3) is 0 Å². The average molecular weight is 288 g/mol. The molecule has 1 aromatic rings. The summed E-state index contributed by atoms with van der Waals surface area (Å²) in [5.41, 5.74) is -0.302. The molecule has 19 heavy (non-hydrogen) atoms. The molecule has 0 radical (unpaired) electrons. The number of carbonyl (C=O) groups excluding carboxylic acids is 1. The number of hydrogen-bond acceptors (Lipinski definition) is 5. The molecule has 1 rings (SSSR count). The molecular formula is C11H12O7S. The number of esters is 1. The van der Waals surface area contributed by atoms with Crippen LogP contribution in [-0.2, 0) is 14.9 Å². The first-order valence-corrected chi connectivity index (χ1v) is 6.87. The minimum Gasteiger partial charge on any atom is -0.478 e. The van der Waals surface area contributed by atoms with Crippen molar-refractivity contribution in [2.24, 2.45) is 0 Å². The second-order valence-corrected chi connectivity index (χ2v) is 5.20. The minimum atomic E-state index is -4.09. The highest BCUT2D eigenvalue weighted by molar-refractivity contribution is 7.85. The summed E-state index contributed by atoms with van der Waals surface area (Å²) in [7, 11) is -4.09. The molecule has 0 aliphatic carbocycles. The van der Waals surface area contributed by atoms with E-state index in [9.17, 15) is 18.0 Å². The maximum Gasteiger partial charge on any atom is 0.339 e. The molecule has 8 heteroatoms. The van der Waals surface area contributed by atoms with E-state index < -0.39 is 27.8 Å². The topological polar surface area (TPSA) is 118 Å². The molecule has 0 atom stereocenters. The highest BCUT2D eigenvalue weighted by Gasteiger charge is 2.17. The highest BCUT2D eigenvalue weighted by atomic mass is 32.2. The Hall–Kier alpha value is -1.93.